The van der Waals surface area contributed by atoms with Crippen LogP contribution in [0.4, 0.5) is 11.4 Å². The maximum Gasteiger partial charge on any atom is 0.317 e. The lowest BCUT2D eigenvalue weighted by Crippen LogP contribution is -2.22. The second-order valence-corrected chi connectivity index (χ2v) is 6.03. The van der Waals surface area contributed by atoms with Gasteiger partial charge in [0.1, 0.15) is 6.10 Å². The summed E-state index contributed by atoms with van der Waals surface area (Å²) in [7, 11) is 0. The van der Waals surface area contributed by atoms with E-state index in [0.29, 0.717) is 0 Å². The molecule has 1 aromatic rings. The number of ether oxygens (including phenoxy) is 2. The third-order valence-electron chi connectivity index (χ3n) is 2.85. The van der Waals surface area contributed by atoms with Crippen LogP contribution < -0.4 is 4.74 Å². The van der Waals surface area contributed by atoms with Crippen LogP contribution in [0.1, 0.15) is 20.3 Å². The number of rotatable bonds is 9. The first-order chi connectivity index (χ1) is 11.7. The Morgan fingerprint density at radius 1 is 1.20 bits per heavy atom. The molecule has 1 unspecified atom stereocenters. The molecule has 0 heterocycles. The number of hydrogen-bond donors (Lipinski definition) is 0. The molecular formula is C14H16N2O8S. The van der Waals surface area contributed by atoms with Crippen molar-refractivity contribution < 1.29 is 28.9 Å². The summed E-state index contributed by atoms with van der Waals surface area (Å²) >= 11 is 0.986. The third-order valence-corrected chi connectivity index (χ3v) is 3.80. The Balaban J connectivity index is 2.74. The predicted molar refractivity (Wildman–Crippen MR) is 88.6 cm³/mol. The number of hydrogen-bond acceptors (Lipinski definition) is 9. The van der Waals surface area contributed by atoms with E-state index in [1.54, 1.807) is 0 Å². The van der Waals surface area contributed by atoms with Crippen LogP contribution in [0.15, 0.2) is 18.2 Å². The number of esters is 1. The first kappa shape index (κ1) is 20.4. The van der Waals surface area contributed by atoms with E-state index in [2.05, 4.69) is 0 Å². The Labute approximate surface area is 146 Å². The van der Waals surface area contributed by atoms with Crippen molar-refractivity contribution in [2.75, 3.05) is 12.4 Å². The fourth-order valence-electron chi connectivity index (χ4n) is 1.81. The highest BCUT2D eigenvalue weighted by atomic mass is 32.2. The number of carbonyl (C=O) groups is 2. The molecule has 0 aliphatic rings. The van der Waals surface area contributed by atoms with Gasteiger partial charge in [0.2, 0.25) is 0 Å². The molecule has 11 heteroatoms. The monoisotopic (exact) mass is 372 g/mol. The van der Waals surface area contributed by atoms with Crippen LogP contribution in [0.3, 0.4) is 0 Å². The molecule has 0 saturated heterocycles. The minimum absolute atomic E-state index is 0.0327. The molecule has 0 aliphatic heterocycles. The Morgan fingerprint density at radius 2 is 1.88 bits per heavy atom. The Kier molecular flexibility index (Phi) is 7.79. The highest BCUT2D eigenvalue weighted by Crippen LogP contribution is 2.31. The quantitative estimate of drug-likeness (QED) is 0.363. The molecule has 136 valence electrons. The number of thioether (sulfide) groups is 1. The average Bonchev–Trinajstić information content (AvgIpc) is 2.51. The SMILES string of the molecule is CC(=O)OC(CCOc1ccc([N+](=O)[O-])cc1[N+](=O)[O-])CSC(C)=O. The zero-order chi connectivity index (χ0) is 19.0. The number of nitro benzene ring substituents is 2. The van der Waals surface area contributed by atoms with Gasteiger partial charge >= 0.3 is 11.7 Å². The molecule has 0 N–H and O–H groups in total. The number of nitro groups is 2. The lowest BCUT2D eigenvalue weighted by atomic mass is 10.2. The molecule has 1 rings (SSSR count). The molecule has 1 atom stereocenters. The van der Waals surface area contributed by atoms with Crippen molar-refractivity contribution in [2.24, 2.45) is 0 Å². The third kappa shape index (κ3) is 7.16. The van der Waals surface area contributed by atoms with Crippen LogP contribution in [0, 0.1) is 20.2 Å². The zero-order valence-corrected chi connectivity index (χ0v) is 14.3. The summed E-state index contributed by atoms with van der Waals surface area (Å²) < 4.78 is 10.4. The van der Waals surface area contributed by atoms with Gasteiger partial charge < -0.3 is 9.47 Å². The van der Waals surface area contributed by atoms with Crippen LogP contribution in [-0.4, -0.2) is 39.4 Å². The van der Waals surface area contributed by atoms with E-state index in [1.165, 1.54) is 13.8 Å². The van der Waals surface area contributed by atoms with Gasteiger partial charge in [0.05, 0.1) is 22.5 Å². The van der Waals surface area contributed by atoms with Gasteiger partial charge in [0.25, 0.3) is 5.69 Å². The summed E-state index contributed by atoms with van der Waals surface area (Å²) in [5.41, 5.74) is -0.953. The van der Waals surface area contributed by atoms with Gasteiger partial charge in [-0.25, -0.2) is 0 Å². The van der Waals surface area contributed by atoms with Gasteiger partial charge in [0.15, 0.2) is 10.9 Å². The summed E-state index contributed by atoms with van der Waals surface area (Å²) in [6.45, 7) is 2.58. The number of carbonyl (C=O) groups excluding carboxylic acids is 2. The molecule has 0 bridgehead atoms. The van der Waals surface area contributed by atoms with Crippen LogP contribution in [0.25, 0.3) is 0 Å². The summed E-state index contributed by atoms with van der Waals surface area (Å²) in [6.07, 6.45) is -0.392. The van der Waals surface area contributed by atoms with Crippen molar-refractivity contribution in [3.8, 4) is 5.75 Å². The van der Waals surface area contributed by atoms with Crippen molar-refractivity contribution in [3.63, 3.8) is 0 Å². The van der Waals surface area contributed by atoms with E-state index >= 15 is 0 Å². The smallest absolute Gasteiger partial charge is 0.317 e. The lowest BCUT2D eigenvalue weighted by Gasteiger charge is -2.16. The average molecular weight is 372 g/mol. The van der Waals surface area contributed by atoms with Gasteiger partial charge in [-0.3, -0.25) is 29.8 Å². The molecule has 0 aliphatic carbocycles. The van der Waals surface area contributed by atoms with Crippen molar-refractivity contribution in [3.05, 3.63) is 38.4 Å². The summed E-state index contributed by atoms with van der Waals surface area (Å²) in [4.78, 5) is 42.2. The standard InChI is InChI=1S/C14H16N2O8S/c1-9(17)24-12(8-25-10(2)18)5-6-23-14-4-3-11(15(19)20)7-13(14)16(21)22/h3-4,7,12H,5-6,8H2,1-2H3. The van der Waals surface area contributed by atoms with Crippen LogP contribution in [0.5, 0.6) is 5.75 Å². The van der Waals surface area contributed by atoms with Crippen molar-refractivity contribution in [1.82, 2.24) is 0 Å². The molecular weight excluding hydrogens is 356 g/mol. The van der Waals surface area contributed by atoms with Crippen molar-refractivity contribution >= 4 is 34.2 Å². The van der Waals surface area contributed by atoms with Gasteiger partial charge in [-0.05, 0) is 6.07 Å². The van der Waals surface area contributed by atoms with Gasteiger partial charge in [0, 0.05) is 32.1 Å². The van der Waals surface area contributed by atoms with E-state index in [-0.39, 0.29) is 29.6 Å². The molecule has 0 fully saturated rings. The van der Waals surface area contributed by atoms with Crippen molar-refractivity contribution in [2.45, 2.75) is 26.4 Å². The number of benzene rings is 1. The predicted octanol–water partition coefficient (Wildman–Crippen LogP) is 2.48. The fraction of sp³-hybridized carbons (Fsp3) is 0.429. The first-order valence-electron chi connectivity index (χ1n) is 7.07. The second-order valence-electron chi connectivity index (χ2n) is 4.84. The van der Waals surface area contributed by atoms with Crippen LogP contribution in [-0.2, 0) is 14.3 Å². The van der Waals surface area contributed by atoms with E-state index in [0.717, 1.165) is 30.0 Å². The van der Waals surface area contributed by atoms with E-state index in [9.17, 15) is 29.8 Å². The normalized spacial score (nSPS) is 11.4. The summed E-state index contributed by atoms with van der Waals surface area (Å²) in [6, 6.07) is 3.05. The first-order valence-corrected chi connectivity index (χ1v) is 8.05. The Morgan fingerprint density at radius 3 is 2.40 bits per heavy atom. The minimum atomic E-state index is -0.780. The highest BCUT2D eigenvalue weighted by molar-refractivity contribution is 8.13. The fourth-order valence-corrected chi connectivity index (χ4v) is 2.46. The molecule has 1 aromatic carbocycles. The molecule has 0 radical (unpaired) electrons. The van der Waals surface area contributed by atoms with Crippen LogP contribution >= 0.6 is 11.8 Å². The van der Waals surface area contributed by atoms with Crippen molar-refractivity contribution in [1.29, 1.82) is 0 Å². The summed E-state index contributed by atoms with van der Waals surface area (Å²) in [5, 5.41) is 21.6. The molecule has 0 aromatic heterocycles. The topological polar surface area (TPSA) is 139 Å². The summed E-state index contributed by atoms with van der Waals surface area (Å²) in [5.74, 6) is -0.410. The van der Waals surface area contributed by atoms with E-state index in [1.807, 2.05) is 0 Å². The molecule has 0 spiro atoms. The minimum Gasteiger partial charge on any atom is -0.487 e. The highest BCUT2D eigenvalue weighted by Gasteiger charge is 2.21. The molecule has 25 heavy (non-hydrogen) atoms. The number of nitrogens with zero attached hydrogens (tertiary/aromatic N) is 2. The van der Waals surface area contributed by atoms with Gasteiger partial charge in [-0.15, -0.1) is 0 Å². The van der Waals surface area contributed by atoms with Gasteiger partial charge in [-0.2, -0.15) is 0 Å². The van der Waals surface area contributed by atoms with E-state index < -0.39 is 33.3 Å². The molecule has 0 amide bonds. The van der Waals surface area contributed by atoms with Gasteiger partial charge in [-0.1, -0.05) is 11.8 Å². The zero-order valence-electron chi connectivity index (χ0n) is 13.5. The maximum atomic E-state index is 11.1. The largest absolute Gasteiger partial charge is 0.487 e. The maximum absolute atomic E-state index is 11.1. The molecule has 0 saturated carbocycles. The Hall–Kier alpha value is -2.69. The lowest BCUT2D eigenvalue weighted by molar-refractivity contribution is -0.394. The molecule has 10 nitrogen and oxygen atoms in total. The Bertz CT molecular complexity index is 679. The second kappa shape index (κ2) is 9.57. The number of non-ortho nitro benzene ring substituents is 1. The van der Waals surface area contributed by atoms with E-state index in [4.69, 9.17) is 9.47 Å². The van der Waals surface area contributed by atoms with Crippen LogP contribution in [0.2, 0.25) is 0 Å².